The highest BCUT2D eigenvalue weighted by molar-refractivity contribution is 7.26. The van der Waals surface area contributed by atoms with Crippen LogP contribution < -0.4 is 0 Å². The Morgan fingerprint density at radius 1 is 0.409 bits per heavy atom. The SMILES string of the molecule is C1=C(c2ccc3ccccc3c2)CCc2c1sc1ccc3c(ccc4sc5cc(-c6ccc7ccccc7c6)ccc5c43)c21. The van der Waals surface area contributed by atoms with E-state index in [2.05, 4.69) is 133 Å². The molecule has 0 unspecified atom stereocenters. The van der Waals surface area contributed by atoms with Crippen molar-refractivity contribution < 1.29 is 0 Å². The number of rotatable bonds is 2. The average molecular weight is 595 g/mol. The lowest BCUT2D eigenvalue weighted by molar-refractivity contribution is 1.02. The van der Waals surface area contributed by atoms with Crippen molar-refractivity contribution in [2.24, 2.45) is 0 Å². The number of benzene rings is 7. The van der Waals surface area contributed by atoms with E-state index in [0.717, 1.165) is 12.8 Å². The molecule has 0 nitrogen and oxygen atoms in total. The van der Waals surface area contributed by atoms with Gasteiger partial charge in [0.05, 0.1) is 0 Å². The van der Waals surface area contributed by atoms with E-state index >= 15 is 0 Å². The van der Waals surface area contributed by atoms with E-state index in [1.807, 2.05) is 22.7 Å². The topological polar surface area (TPSA) is 0 Å². The van der Waals surface area contributed by atoms with Gasteiger partial charge in [0, 0.05) is 35.1 Å². The van der Waals surface area contributed by atoms with Crippen LogP contribution in [0.5, 0.6) is 0 Å². The van der Waals surface area contributed by atoms with Gasteiger partial charge in [-0.05, 0) is 109 Å². The molecule has 1 aliphatic rings. The molecule has 0 saturated heterocycles. The summed E-state index contributed by atoms with van der Waals surface area (Å²) < 4.78 is 4.12. The first-order valence-corrected chi connectivity index (χ1v) is 16.9. The Labute approximate surface area is 263 Å². The normalized spacial score (nSPS) is 13.4. The standard InChI is InChI=1S/C42H26S2/c1-3-7-27-21-29(11-9-25(27)5-1)31-13-15-35-39(23-31)43-37-19-17-34-33(41(35)37)18-20-38-42(34)36-16-14-32(24-40(36)44-38)30-12-10-26-6-2-4-8-28(26)22-30/h1-13,15,17-24H,14,16H2. The van der Waals surface area contributed by atoms with E-state index in [1.54, 1.807) is 0 Å². The lowest BCUT2D eigenvalue weighted by Crippen LogP contribution is -1.96. The fraction of sp³-hybridized carbons (Fsp3) is 0.0476. The number of allylic oxidation sites excluding steroid dienone is 1. The van der Waals surface area contributed by atoms with Gasteiger partial charge >= 0.3 is 0 Å². The van der Waals surface area contributed by atoms with Gasteiger partial charge in [0.25, 0.3) is 0 Å². The van der Waals surface area contributed by atoms with Gasteiger partial charge in [-0.15, -0.1) is 22.7 Å². The lowest BCUT2D eigenvalue weighted by atomic mass is 9.89. The van der Waals surface area contributed by atoms with Crippen LogP contribution in [-0.2, 0) is 6.42 Å². The van der Waals surface area contributed by atoms with E-state index < -0.39 is 0 Å². The molecule has 2 heterocycles. The molecule has 0 atom stereocenters. The molecule has 2 heteroatoms. The Morgan fingerprint density at radius 2 is 1.00 bits per heavy atom. The maximum atomic E-state index is 2.46. The number of fused-ring (bicyclic) bond motifs is 11. The number of aryl methyl sites for hydroxylation is 1. The van der Waals surface area contributed by atoms with Gasteiger partial charge < -0.3 is 0 Å². The molecule has 7 aromatic carbocycles. The Balaban J connectivity index is 1.11. The summed E-state index contributed by atoms with van der Waals surface area (Å²) in [4.78, 5) is 1.43. The van der Waals surface area contributed by atoms with Gasteiger partial charge in [0.1, 0.15) is 0 Å². The zero-order valence-corrected chi connectivity index (χ0v) is 25.6. The number of hydrogen-bond donors (Lipinski definition) is 0. The molecular weight excluding hydrogens is 569 g/mol. The second kappa shape index (κ2) is 9.37. The first-order valence-electron chi connectivity index (χ1n) is 15.3. The predicted octanol–water partition coefficient (Wildman–Crippen LogP) is 12.9. The zero-order chi connectivity index (χ0) is 28.8. The highest BCUT2D eigenvalue weighted by Gasteiger charge is 2.20. The van der Waals surface area contributed by atoms with Crippen molar-refractivity contribution in [3.05, 3.63) is 143 Å². The van der Waals surface area contributed by atoms with Crippen molar-refractivity contribution >= 4 is 96.9 Å². The third-order valence-electron chi connectivity index (χ3n) is 9.57. The van der Waals surface area contributed by atoms with Crippen LogP contribution in [0.15, 0.2) is 127 Å². The number of thiophene rings is 2. The average Bonchev–Trinajstić information content (AvgIpc) is 3.65. The molecular formula is C42H26S2. The van der Waals surface area contributed by atoms with Gasteiger partial charge in [-0.3, -0.25) is 0 Å². The molecule has 0 radical (unpaired) electrons. The summed E-state index contributed by atoms with van der Waals surface area (Å²) in [6.07, 6.45) is 4.63. The second-order valence-electron chi connectivity index (χ2n) is 12.0. The molecule has 0 aliphatic heterocycles. The second-order valence-corrected chi connectivity index (χ2v) is 14.2. The monoisotopic (exact) mass is 594 g/mol. The van der Waals surface area contributed by atoms with Crippen LogP contribution in [0.4, 0.5) is 0 Å². The molecule has 206 valence electrons. The summed E-state index contributed by atoms with van der Waals surface area (Å²) in [5.41, 5.74) is 6.88. The van der Waals surface area contributed by atoms with Crippen LogP contribution in [0.3, 0.4) is 0 Å². The smallest absolute Gasteiger partial charge is 0.0361 e. The fourth-order valence-electron chi connectivity index (χ4n) is 7.38. The zero-order valence-electron chi connectivity index (χ0n) is 23.9. The van der Waals surface area contributed by atoms with Crippen molar-refractivity contribution in [2.75, 3.05) is 0 Å². The Hall–Kier alpha value is -4.76. The van der Waals surface area contributed by atoms with Crippen LogP contribution >= 0.6 is 22.7 Å². The van der Waals surface area contributed by atoms with Gasteiger partial charge in [-0.2, -0.15) is 0 Å². The minimum atomic E-state index is 1.08. The van der Waals surface area contributed by atoms with Crippen LogP contribution in [0.2, 0.25) is 0 Å². The van der Waals surface area contributed by atoms with Crippen molar-refractivity contribution in [2.45, 2.75) is 12.8 Å². The summed E-state index contributed by atoms with van der Waals surface area (Å²) in [6, 6.07) is 47.5. The van der Waals surface area contributed by atoms with E-state index in [9.17, 15) is 0 Å². The maximum Gasteiger partial charge on any atom is 0.0361 e. The molecule has 44 heavy (non-hydrogen) atoms. The Bertz CT molecular complexity index is 2660. The molecule has 0 bridgehead atoms. The molecule has 10 rings (SSSR count). The largest absolute Gasteiger partial charge is 0.136 e. The minimum Gasteiger partial charge on any atom is -0.136 e. The molecule has 2 aromatic heterocycles. The van der Waals surface area contributed by atoms with Gasteiger partial charge in [-0.25, -0.2) is 0 Å². The summed E-state index contributed by atoms with van der Waals surface area (Å²) in [5, 5.41) is 12.2. The summed E-state index contributed by atoms with van der Waals surface area (Å²) in [6.45, 7) is 0. The van der Waals surface area contributed by atoms with Crippen molar-refractivity contribution in [1.82, 2.24) is 0 Å². The van der Waals surface area contributed by atoms with E-state index in [0.29, 0.717) is 0 Å². The Morgan fingerprint density at radius 3 is 1.77 bits per heavy atom. The molecule has 0 fully saturated rings. The van der Waals surface area contributed by atoms with E-state index in [4.69, 9.17) is 0 Å². The van der Waals surface area contributed by atoms with Crippen molar-refractivity contribution in [3.8, 4) is 11.1 Å². The quantitative estimate of drug-likeness (QED) is 0.187. The third-order valence-corrected chi connectivity index (χ3v) is 11.8. The number of hydrogen-bond acceptors (Lipinski definition) is 2. The molecule has 0 N–H and O–H groups in total. The van der Waals surface area contributed by atoms with E-state index in [1.165, 1.54) is 95.3 Å². The predicted molar refractivity (Wildman–Crippen MR) is 195 cm³/mol. The minimum absolute atomic E-state index is 1.08. The Kier molecular flexibility index (Phi) is 5.25. The summed E-state index contributed by atoms with van der Waals surface area (Å²) in [5.74, 6) is 0. The van der Waals surface area contributed by atoms with E-state index in [-0.39, 0.29) is 0 Å². The van der Waals surface area contributed by atoms with Crippen molar-refractivity contribution in [1.29, 1.82) is 0 Å². The van der Waals surface area contributed by atoms with Gasteiger partial charge in [0.2, 0.25) is 0 Å². The van der Waals surface area contributed by atoms with Crippen LogP contribution in [0.25, 0.3) is 85.4 Å². The first-order chi connectivity index (χ1) is 21.8. The van der Waals surface area contributed by atoms with Crippen molar-refractivity contribution in [3.63, 3.8) is 0 Å². The van der Waals surface area contributed by atoms with Crippen LogP contribution in [-0.4, -0.2) is 0 Å². The summed E-state index contributed by atoms with van der Waals surface area (Å²) >= 11 is 3.87. The molecule has 0 amide bonds. The maximum absolute atomic E-state index is 2.46. The summed E-state index contributed by atoms with van der Waals surface area (Å²) in [7, 11) is 0. The highest BCUT2D eigenvalue weighted by atomic mass is 32.1. The molecule has 9 aromatic rings. The lowest BCUT2D eigenvalue weighted by Gasteiger charge is -2.15. The first kappa shape index (κ1) is 24.7. The van der Waals surface area contributed by atoms with Gasteiger partial charge in [-0.1, -0.05) is 97.1 Å². The third kappa shape index (κ3) is 3.68. The molecule has 0 saturated carbocycles. The fourth-order valence-corrected chi connectivity index (χ4v) is 9.78. The molecule has 0 spiro atoms. The van der Waals surface area contributed by atoms with Crippen LogP contribution in [0.1, 0.15) is 22.4 Å². The highest BCUT2D eigenvalue weighted by Crippen LogP contribution is 2.46. The molecule has 1 aliphatic carbocycles. The van der Waals surface area contributed by atoms with Crippen LogP contribution in [0, 0.1) is 0 Å². The van der Waals surface area contributed by atoms with Gasteiger partial charge in [0.15, 0.2) is 0 Å².